The number of rotatable bonds is 4. The number of anilines is 2. The van der Waals surface area contributed by atoms with Crippen LogP contribution in [0.2, 0.25) is 0 Å². The van der Waals surface area contributed by atoms with E-state index in [9.17, 15) is 14.4 Å². The maximum absolute atomic E-state index is 13.5. The van der Waals surface area contributed by atoms with E-state index in [1.54, 1.807) is 11.1 Å². The number of hydrogen-bond donors (Lipinski definition) is 2. The van der Waals surface area contributed by atoms with Gasteiger partial charge in [-0.25, -0.2) is 4.98 Å². The number of piperazine rings is 1. The molecule has 192 valence electrons. The van der Waals surface area contributed by atoms with E-state index < -0.39 is 5.41 Å². The molecule has 2 saturated heterocycles. The average molecular weight is 508 g/mol. The number of hydrogen-bond acceptors (Lipinski definition) is 5. The van der Waals surface area contributed by atoms with Crippen LogP contribution in [0.25, 0.3) is 0 Å². The van der Waals surface area contributed by atoms with E-state index in [-0.39, 0.29) is 36.3 Å². The van der Waals surface area contributed by atoms with Gasteiger partial charge in [0.05, 0.1) is 17.5 Å². The Balaban J connectivity index is 1.10. The fourth-order valence-corrected chi connectivity index (χ4v) is 6.84. The summed E-state index contributed by atoms with van der Waals surface area (Å²) in [7, 11) is 0. The zero-order valence-electron chi connectivity index (χ0n) is 21.0. The van der Waals surface area contributed by atoms with Crippen LogP contribution in [-0.4, -0.2) is 58.2 Å². The van der Waals surface area contributed by atoms with Crippen molar-refractivity contribution in [3.05, 3.63) is 89.1 Å². The highest BCUT2D eigenvalue weighted by molar-refractivity contribution is 6.06. The third kappa shape index (κ3) is 3.62. The zero-order valence-corrected chi connectivity index (χ0v) is 21.0. The molecule has 3 aromatic rings. The molecular weight excluding hydrogens is 478 g/mol. The lowest BCUT2D eigenvalue weighted by molar-refractivity contribution is -0.147. The van der Waals surface area contributed by atoms with Crippen LogP contribution in [0.1, 0.15) is 41.1 Å². The molecule has 0 radical (unpaired) electrons. The minimum Gasteiger partial charge on any atom is -0.325 e. The van der Waals surface area contributed by atoms with Crippen molar-refractivity contribution >= 4 is 29.2 Å². The molecule has 2 aromatic carbocycles. The second-order valence-electron chi connectivity index (χ2n) is 10.9. The van der Waals surface area contributed by atoms with Crippen molar-refractivity contribution in [3.8, 4) is 0 Å². The first-order valence-corrected chi connectivity index (χ1v) is 13.3. The molecule has 0 bridgehead atoms. The highest BCUT2D eigenvalue weighted by Gasteiger charge is 2.51. The lowest BCUT2D eigenvalue weighted by Gasteiger charge is -2.43. The molecule has 7 rings (SSSR count). The van der Waals surface area contributed by atoms with Crippen molar-refractivity contribution in [2.24, 2.45) is 0 Å². The normalized spacial score (nSPS) is 25.7. The lowest BCUT2D eigenvalue weighted by Crippen LogP contribution is -2.57. The SMILES string of the molecule is O=C(CN1C(=O)[C@@H]2CCCN2C[C@@H]1c1ccccc1)Nc1ccc2c(c1)C[C@@]1(C2)C(=O)Nc2ncccc21. The molecule has 38 heavy (non-hydrogen) atoms. The van der Waals surface area contributed by atoms with Crippen molar-refractivity contribution < 1.29 is 14.4 Å². The number of nitrogens with one attached hydrogen (secondary N) is 2. The predicted molar refractivity (Wildman–Crippen MR) is 143 cm³/mol. The van der Waals surface area contributed by atoms with Crippen molar-refractivity contribution in [1.82, 2.24) is 14.8 Å². The number of benzene rings is 2. The molecule has 4 aliphatic rings. The molecule has 0 saturated carbocycles. The molecule has 1 spiro atoms. The number of nitrogens with zero attached hydrogens (tertiary/aromatic N) is 3. The van der Waals surface area contributed by atoms with Crippen LogP contribution < -0.4 is 10.6 Å². The van der Waals surface area contributed by atoms with Crippen LogP contribution in [0.3, 0.4) is 0 Å². The van der Waals surface area contributed by atoms with Gasteiger partial charge in [-0.3, -0.25) is 19.3 Å². The van der Waals surface area contributed by atoms with Gasteiger partial charge in [-0.1, -0.05) is 42.5 Å². The van der Waals surface area contributed by atoms with Gasteiger partial charge in [-0.05, 0) is 67.1 Å². The fraction of sp³-hybridized carbons (Fsp3) is 0.333. The molecule has 1 aromatic heterocycles. The second kappa shape index (κ2) is 8.77. The van der Waals surface area contributed by atoms with Crippen molar-refractivity contribution in [3.63, 3.8) is 0 Å². The molecule has 2 fully saturated rings. The van der Waals surface area contributed by atoms with E-state index in [0.717, 1.165) is 48.2 Å². The Hall–Kier alpha value is -4.04. The van der Waals surface area contributed by atoms with Crippen molar-refractivity contribution in [1.29, 1.82) is 0 Å². The first-order chi connectivity index (χ1) is 18.5. The quantitative estimate of drug-likeness (QED) is 0.566. The van der Waals surface area contributed by atoms with Crippen LogP contribution in [0.5, 0.6) is 0 Å². The van der Waals surface area contributed by atoms with E-state index in [0.29, 0.717) is 24.3 Å². The van der Waals surface area contributed by atoms with Gasteiger partial charge in [0.2, 0.25) is 17.7 Å². The Morgan fingerprint density at radius 1 is 1.03 bits per heavy atom. The standard InChI is InChI=1S/C30H29N5O3/c36-26(18-35-25(19-6-2-1-3-7-19)17-34-13-5-9-24(34)28(35)37)32-22-11-10-20-15-30(16-21(20)14-22)23-8-4-12-31-27(23)33-29(30)38/h1-4,6-8,10-12,14,24-25H,5,9,13,15-18H2,(H,32,36)(H,31,33,38)/t24-,25+,30+/m0/s1. The first kappa shape index (κ1) is 23.1. The summed E-state index contributed by atoms with van der Waals surface area (Å²) in [5.41, 5.74) is 4.16. The maximum atomic E-state index is 13.5. The Morgan fingerprint density at radius 3 is 2.74 bits per heavy atom. The highest BCUT2D eigenvalue weighted by Crippen LogP contribution is 2.47. The maximum Gasteiger partial charge on any atom is 0.244 e. The molecule has 1 aliphatic carbocycles. The van der Waals surface area contributed by atoms with Gasteiger partial charge in [0.15, 0.2) is 0 Å². The van der Waals surface area contributed by atoms with E-state index in [2.05, 4.69) is 20.5 Å². The van der Waals surface area contributed by atoms with Crippen molar-refractivity contribution in [2.45, 2.75) is 43.2 Å². The Bertz CT molecular complexity index is 1460. The molecule has 3 aliphatic heterocycles. The highest BCUT2D eigenvalue weighted by atomic mass is 16.2. The number of aromatic nitrogens is 1. The number of carbonyl (C=O) groups excluding carboxylic acids is 3. The average Bonchev–Trinajstić information content (AvgIpc) is 3.62. The summed E-state index contributed by atoms with van der Waals surface area (Å²) in [4.78, 5) is 48.1. The fourth-order valence-electron chi connectivity index (χ4n) is 6.84. The largest absolute Gasteiger partial charge is 0.325 e. The monoisotopic (exact) mass is 507 g/mol. The Labute approximate surface area is 221 Å². The Kier molecular flexibility index (Phi) is 5.33. The third-order valence-corrected chi connectivity index (χ3v) is 8.68. The van der Waals surface area contributed by atoms with E-state index in [1.807, 2.05) is 60.7 Å². The summed E-state index contributed by atoms with van der Waals surface area (Å²) in [6.07, 6.45) is 4.71. The number of pyridine rings is 1. The first-order valence-electron chi connectivity index (χ1n) is 13.3. The smallest absolute Gasteiger partial charge is 0.244 e. The minimum atomic E-state index is -0.648. The van der Waals surface area contributed by atoms with Gasteiger partial charge < -0.3 is 15.5 Å². The van der Waals surface area contributed by atoms with E-state index in [1.165, 1.54) is 0 Å². The lowest BCUT2D eigenvalue weighted by atomic mass is 9.79. The van der Waals surface area contributed by atoms with Gasteiger partial charge in [0.1, 0.15) is 12.4 Å². The Morgan fingerprint density at radius 2 is 1.87 bits per heavy atom. The van der Waals surface area contributed by atoms with Crippen LogP contribution >= 0.6 is 0 Å². The van der Waals surface area contributed by atoms with Crippen LogP contribution in [0.4, 0.5) is 11.5 Å². The summed E-state index contributed by atoms with van der Waals surface area (Å²) < 4.78 is 0. The van der Waals surface area contributed by atoms with E-state index >= 15 is 0 Å². The number of carbonyl (C=O) groups is 3. The van der Waals surface area contributed by atoms with Gasteiger partial charge in [0.25, 0.3) is 0 Å². The van der Waals surface area contributed by atoms with Gasteiger partial charge in [-0.15, -0.1) is 0 Å². The summed E-state index contributed by atoms with van der Waals surface area (Å²) in [6.45, 7) is 1.67. The summed E-state index contributed by atoms with van der Waals surface area (Å²) in [6, 6.07) is 19.4. The molecular formula is C30H29N5O3. The summed E-state index contributed by atoms with van der Waals surface area (Å²) >= 11 is 0. The molecule has 2 N–H and O–H groups in total. The minimum absolute atomic E-state index is 0.00517. The number of fused-ring (bicyclic) bond motifs is 4. The summed E-state index contributed by atoms with van der Waals surface area (Å²) in [5, 5.41) is 5.96. The zero-order chi connectivity index (χ0) is 25.9. The topological polar surface area (TPSA) is 94.6 Å². The van der Waals surface area contributed by atoms with Gasteiger partial charge in [-0.2, -0.15) is 0 Å². The van der Waals surface area contributed by atoms with Crippen LogP contribution in [0.15, 0.2) is 66.9 Å². The molecule has 8 heteroatoms. The van der Waals surface area contributed by atoms with Crippen molar-refractivity contribution in [2.75, 3.05) is 30.3 Å². The second-order valence-corrected chi connectivity index (χ2v) is 10.9. The van der Waals surface area contributed by atoms with Crippen LogP contribution in [-0.2, 0) is 32.6 Å². The van der Waals surface area contributed by atoms with Gasteiger partial charge in [0, 0.05) is 24.0 Å². The molecule has 0 unspecified atom stereocenters. The predicted octanol–water partition coefficient (Wildman–Crippen LogP) is 3.06. The molecule has 3 amide bonds. The van der Waals surface area contributed by atoms with E-state index in [4.69, 9.17) is 0 Å². The van der Waals surface area contributed by atoms with Crippen LogP contribution in [0, 0.1) is 0 Å². The number of amides is 3. The van der Waals surface area contributed by atoms with Gasteiger partial charge >= 0.3 is 0 Å². The molecule has 8 nitrogen and oxygen atoms in total. The molecule has 3 atom stereocenters. The molecule has 4 heterocycles. The summed E-state index contributed by atoms with van der Waals surface area (Å²) in [5.74, 6) is 0.433. The third-order valence-electron chi connectivity index (χ3n) is 8.68.